The number of pyridine rings is 1. The van der Waals surface area contributed by atoms with Crippen molar-refractivity contribution in [2.45, 2.75) is 38.8 Å². The van der Waals surface area contributed by atoms with Crippen LogP contribution in [0.1, 0.15) is 38.9 Å². The number of β-amino-alcohol motifs (C(OH)–C–C–N with tert-alkyl or cyclic N) is 1. The van der Waals surface area contributed by atoms with Gasteiger partial charge in [0.15, 0.2) is 0 Å². The van der Waals surface area contributed by atoms with Gasteiger partial charge in [-0.1, -0.05) is 6.92 Å². The van der Waals surface area contributed by atoms with Crippen LogP contribution >= 0.6 is 0 Å². The minimum Gasteiger partial charge on any atom is -0.389 e. The Bertz CT molecular complexity index is 433. The quantitative estimate of drug-likeness (QED) is 0.858. The fourth-order valence-corrected chi connectivity index (χ4v) is 2.72. The maximum Gasteiger partial charge on any atom is 0.0718 e. The number of anilines is 1. The van der Waals surface area contributed by atoms with Crippen molar-refractivity contribution in [3.05, 3.63) is 24.0 Å². The summed E-state index contributed by atoms with van der Waals surface area (Å²) in [6.45, 7) is 10.4. The summed E-state index contributed by atoms with van der Waals surface area (Å²) >= 11 is 0. The van der Waals surface area contributed by atoms with Crippen LogP contribution in [0.4, 0.5) is 5.69 Å². The van der Waals surface area contributed by atoms with E-state index in [1.54, 1.807) is 0 Å². The molecule has 1 fully saturated rings. The molecule has 0 unspecified atom stereocenters. The minimum absolute atomic E-state index is 0.0303. The van der Waals surface area contributed by atoms with Gasteiger partial charge < -0.3 is 15.7 Å². The Morgan fingerprint density at radius 1 is 1.29 bits per heavy atom. The smallest absolute Gasteiger partial charge is 0.0718 e. The third kappa shape index (κ3) is 4.66. The van der Waals surface area contributed by atoms with Crippen LogP contribution in [0, 0.1) is 0 Å². The molecule has 1 aliphatic heterocycles. The van der Waals surface area contributed by atoms with E-state index < -0.39 is 5.60 Å². The molecular formula is C16H28N4O. The van der Waals surface area contributed by atoms with Gasteiger partial charge in [-0.25, -0.2) is 0 Å². The predicted octanol–water partition coefficient (Wildman–Crippen LogP) is 1.38. The zero-order chi connectivity index (χ0) is 15.5. The molecule has 1 aromatic rings. The van der Waals surface area contributed by atoms with Gasteiger partial charge in [0, 0.05) is 38.8 Å². The summed E-state index contributed by atoms with van der Waals surface area (Å²) in [6.07, 6.45) is 2.83. The highest BCUT2D eigenvalue weighted by molar-refractivity contribution is 5.45. The second-order valence-electron chi connectivity index (χ2n) is 6.53. The van der Waals surface area contributed by atoms with E-state index >= 15 is 0 Å². The molecule has 118 valence electrons. The first-order valence-corrected chi connectivity index (χ1v) is 7.80. The first-order chi connectivity index (χ1) is 9.89. The minimum atomic E-state index is -0.623. The molecule has 0 spiro atoms. The fourth-order valence-electron chi connectivity index (χ4n) is 2.72. The Hall–Kier alpha value is -1.17. The molecule has 0 aromatic carbocycles. The highest BCUT2D eigenvalue weighted by Gasteiger charge is 2.23. The molecule has 3 N–H and O–H groups in total. The van der Waals surface area contributed by atoms with Crippen molar-refractivity contribution in [2.75, 3.05) is 37.6 Å². The Morgan fingerprint density at radius 2 is 1.95 bits per heavy atom. The molecule has 0 saturated carbocycles. The number of rotatable bonds is 5. The van der Waals surface area contributed by atoms with E-state index in [-0.39, 0.29) is 6.04 Å². The Kier molecular flexibility index (Phi) is 5.19. The van der Waals surface area contributed by atoms with Crippen molar-refractivity contribution in [3.63, 3.8) is 0 Å². The summed E-state index contributed by atoms with van der Waals surface area (Å²) < 4.78 is 0. The van der Waals surface area contributed by atoms with E-state index in [2.05, 4.69) is 27.8 Å². The van der Waals surface area contributed by atoms with E-state index in [9.17, 15) is 5.11 Å². The summed E-state index contributed by atoms with van der Waals surface area (Å²) in [7, 11) is 0. The summed E-state index contributed by atoms with van der Waals surface area (Å²) in [5.74, 6) is 0. The van der Waals surface area contributed by atoms with E-state index in [0.29, 0.717) is 0 Å². The van der Waals surface area contributed by atoms with Gasteiger partial charge in [-0.05, 0) is 32.4 Å². The first-order valence-electron chi connectivity index (χ1n) is 7.80. The lowest BCUT2D eigenvalue weighted by atomic mass is 10.1. The zero-order valence-corrected chi connectivity index (χ0v) is 13.4. The topological polar surface area (TPSA) is 65.6 Å². The van der Waals surface area contributed by atoms with Crippen LogP contribution in [-0.2, 0) is 0 Å². The highest BCUT2D eigenvalue weighted by Crippen LogP contribution is 2.19. The van der Waals surface area contributed by atoms with Crippen molar-refractivity contribution in [1.29, 1.82) is 0 Å². The number of nitrogens with two attached hydrogens (primary N) is 1. The van der Waals surface area contributed by atoms with Crippen molar-refractivity contribution in [1.82, 2.24) is 9.88 Å². The van der Waals surface area contributed by atoms with Crippen LogP contribution in [0.25, 0.3) is 0 Å². The standard InChI is InChI=1S/C16H28N4O/c1-4-14(17)15-6-5-13(11-18-15)20-9-7-19(8-10-20)12-16(2,3)21/h5-6,11,14,21H,4,7-10,12,17H2,1-3H3/t14-/m0/s1. The molecule has 0 radical (unpaired) electrons. The molecule has 2 rings (SSSR count). The lowest BCUT2D eigenvalue weighted by Crippen LogP contribution is -2.50. The number of nitrogens with zero attached hydrogens (tertiary/aromatic N) is 3. The normalized spacial score (nSPS) is 18.8. The molecular weight excluding hydrogens is 264 g/mol. The van der Waals surface area contributed by atoms with Gasteiger partial charge in [0.25, 0.3) is 0 Å². The Labute approximate surface area is 127 Å². The van der Waals surface area contributed by atoms with Crippen LogP contribution in [0.5, 0.6) is 0 Å². The van der Waals surface area contributed by atoms with Gasteiger partial charge in [0.05, 0.1) is 23.2 Å². The Balaban J connectivity index is 1.90. The third-order valence-corrected chi connectivity index (χ3v) is 3.94. The molecule has 5 nitrogen and oxygen atoms in total. The third-order valence-electron chi connectivity index (χ3n) is 3.94. The monoisotopic (exact) mass is 292 g/mol. The van der Waals surface area contributed by atoms with Crippen LogP contribution in [0.15, 0.2) is 18.3 Å². The van der Waals surface area contributed by atoms with Gasteiger partial charge >= 0.3 is 0 Å². The predicted molar refractivity (Wildman–Crippen MR) is 86.4 cm³/mol. The second kappa shape index (κ2) is 6.73. The molecule has 0 aliphatic carbocycles. The first kappa shape index (κ1) is 16.2. The molecule has 1 aliphatic rings. The second-order valence-corrected chi connectivity index (χ2v) is 6.53. The van der Waals surface area contributed by atoms with Crippen molar-refractivity contribution < 1.29 is 5.11 Å². The number of piperazine rings is 1. The van der Waals surface area contributed by atoms with Gasteiger partial charge in [0.2, 0.25) is 0 Å². The maximum absolute atomic E-state index is 9.88. The van der Waals surface area contributed by atoms with Gasteiger partial charge in [-0.2, -0.15) is 0 Å². The zero-order valence-electron chi connectivity index (χ0n) is 13.4. The number of hydrogen-bond donors (Lipinski definition) is 2. The summed E-state index contributed by atoms with van der Waals surface area (Å²) in [5, 5.41) is 9.88. The lowest BCUT2D eigenvalue weighted by molar-refractivity contribution is 0.0345. The number of aromatic nitrogens is 1. The van der Waals surface area contributed by atoms with Crippen molar-refractivity contribution in [2.24, 2.45) is 5.73 Å². The van der Waals surface area contributed by atoms with Gasteiger partial charge in [-0.15, -0.1) is 0 Å². The average Bonchev–Trinajstić information content (AvgIpc) is 2.46. The molecule has 0 bridgehead atoms. The van der Waals surface area contributed by atoms with Crippen molar-refractivity contribution >= 4 is 5.69 Å². The molecule has 21 heavy (non-hydrogen) atoms. The molecule has 5 heteroatoms. The summed E-state index contributed by atoms with van der Waals surface area (Å²) in [6, 6.07) is 4.18. The molecule has 0 amide bonds. The molecule has 1 aromatic heterocycles. The number of hydrogen-bond acceptors (Lipinski definition) is 5. The van der Waals surface area contributed by atoms with Crippen LogP contribution < -0.4 is 10.6 Å². The lowest BCUT2D eigenvalue weighted by Gasteiger charge is -2.38. The average molecular weight is 292 g/mol. The van der Waals surface area contributed by atoms with E-state index in [1.165, 1.54) is 0 Å². The Morgan fingerprint density at radius 3 is 2.43 bits per heavy atom. The number of aliphatic hydroxyl groups is 1. The molecule has 1 atom stereocenters. The van der Waals surface area contributed by atoms with Gasteiger partial charge in [0.1, 0.15) is 0 Å². The van der Waals surface area contributed by atoms with Crippen molar-refractivity contribution in [3.8, 4) is 0 Å². The SMILES string of the molecule is CC[C@H](N)c1ccc(N2CCN(CC(C)(C)O)CC2)cn1. The van der Waals surface area contributed by atoms with Crippen LogP contribution in [0.2, 0.25) is 0 Å². The molecule has 1 saturated heterocycles. The fraction of sp³-hybridized carbons (Fsp3) is 0.688. The van der Waals surface area contributed by atoms with E-state index in [1.807, 2.05) is 26.1 Å². The summed E-state index contributed by atoms with van der Waals surface area (Å²) in [5.41, 5.74) is 7.49. The van der Waals surface area contributed by atoms with Gasteiger partial charge in [-0.3, -0.25) is 9.88 Å². The molecule has 2 heterocycles. The van der Waals surface area contributed by atoms with E-state index in [0.717, 1.165) is 50.5 Å². The summed E-state index contributed by atoms with van der Waals surface area (Å²) in [4.78, 5) is 9.14. The largest absolute Gasteiger partial charge is 0.389 e. The highest BCUT2D eigenvalue weighted by atomic mass is 16.3. The maximum atomic E-state index is 9.88. The van der Waals surface area contributed by atoms with Crippen LogP contribution in [-0.4, -0.2) is 53.3 Å². The van der Waals surface area contributed by atoms with E-state index in [4.69, 9.17) is 5.73 Å². The van der Waals surface area contributed by atoms with Crippen LogP contribution in [0.3, 0.4) is 0 Å².